The van der Waals surface area contributed by atoms with Crippen LogP contribution in [0, 0.1) is 0 Å². The van der Waals surface area contributed by atoms with Crippen molar-refractivity contribution < 1.29 is 4.79 Å². The molecule has 3 aromatic rings. The summed E-state index contributed by atoms with van der Waals surface area (Å²) in [6.07, 6.45) is 5.18. The van der Waals surface area contributed by atoms with Crippen LogP contribution in [0.25, 0.3) is 10.8 Å². The van der Waals surface area contributed by atoms with Crippen molar-refractivity contribution in [2.24, 2.45) is 0 Å². The number of fused-ring (bicyclic) bond motifs is 1. The second-order valence-corrected chi connectivity index (χ2v) is 7.30. The highest BCUT2D eigenvalue weighted by Gasteiger charge is 2.25. The van der Waals surface area contributed by atoms with E-state index < -0.39 is 0 Å². The summed E-state index contributed by atoms with van der Waals surface area (Å²) in [5, 5.41) is 8.33. The van der Waals surface area contributed by atoms with Gasteiger partial charge in [-0.2, -0.15) is 0 Å². The summed E-state index contributed by atoms with van der Waals surface area (Å²) >= 11 is 1.55. The number of hydrogen-bond donors (Lipinski definition) is 1. The van der Waals surface area contributed by atoms with E-state index in [4.69, 9.17) is 4.98 Å². The van der Waals surface area contributed by atoms with Gasteiger partial charge in [-0.3, -0.25) is 4.79 Å². The van der Waals surface area contributed by atoms with E-state index in [-0.39, 0.29) is 11.8 Å². The zero-order valence-corrected chi connectivity index (χ0v) is 15.2. The first kappa shape index (κ1) is 16.7. The van der Waals surface area contributed by atoms with Crippen LogP contribution < -0.4 is 5.32 Å². The first-order valence-corrected chi connectivity index (χ1v) is 9.60. The average Bonchev–Trinajstić information content (AvgIpc) is 3.20. The molecule has 1 fully saturated rings. The topological polar surface area (TPSA) is 58.1 Å². The highest BCUT2D eigenvalue weighted by Crippen LogP contribution is 2.32. The van der Waals surface area contributed by atoms with Gasteiger partial charge in [0.1, 0.15) is 5.82 Å². The van der Waals surface area contributed by atoms with Crippen molar-refractivity contribution in [3.8, 4) is 0 Å². The lowest BCUT2D eigenvalue weighted by molar-refractivity contribution is -0.127. The van der Waals surface area contributed by atoms with E-state index in [1.807, 2.05) is 22.4 Å². The molecule has 2 aromatic heterocycles. The highest BCUT2D eigenvalue weighted by atomic mass is 32.1. The van der Waals surface area contributed by atoms with Crippen molar-refractivity contribution in [1.82, 2.24) is 14.9 Å². The van der Waals surface area contributed by atoms with Crippen LogP contribution in [0.2, 0.25) is 0 Å². The van der Waals surface area contributed by atoms with Crippen molar-refractivity contribution in [2.75, 3.05) is 18.4 Å². The van der Waals surface area contributed by atoms with E-state index in [0.29, 0.717) is 6.54 Å². The number of thiazole rings is 1. The number of hydrogen-bond acceptors (Lipinski definition) is 5. The summed E-state index contributed by atoms with van der Waals surface area (Å²) in [6.45, 7) is 5.09. The zero-order valence-electron chi connectivity index (χ0n) is 14.4. The lowest BCUT2D eigenvalue weighted by Gasteiger charge is -2.32. The van der Waals surface area contributed by atoms with E-state index in [0.717, 1.165) is 46.8 Å². The summed E-state index contributed by atoms with van der Waals surface area (Å²) in [4.78, 5) is 23.1. The molecule has 1 atom stereocenters. The number of pyridine rings is 1. The molecule has 0 spiro atoms. The van der Waals surface area contributed by atoms with Crippen LogP contribution in [-0.4, -0.2) is 33.9 Å². The Morgan fingerprint density at radius 2 is 2.27 bits per heavy atom. The van der Waals surface area contributed by atoms with E-state index >= 15 is 0 Å². The Morgan fingerprint density at radius 3 is 3.08 bits per heavy atom. The van der Waals surface area contributed by atoms with Crippen molar-refractivity contribution in [3.63, 3.8) is 0 Å². The predicted molar refractivity (Wildman–Crippen MR) is 106 cm³/mol. The Morgan fingerprint density at radius 1 is 1.38 bits per heavy atom. The minimum atomic E-state index is -0.00313. The van der Waals surface area contributed by atoms with Crippen LogP contribution in [0.4, 0.5) is 10.9 Å². The summed E-state index contributed by atoms with van der Waals surface area (Å²) in [5.74, 6) is 1.05. The Bertz CT molecular complexity index is 938. The lowest BCUT2D eigenvalue weighted by Crippen LogP contribution is -2.38. The standard InChI is InChI=1S/C20H20N4OS/c1-2-18(25)24-10-5-7-15(13-24)17-12-14-6-3-4-8-16(14)19(22-17)23-20-21-9-11-26-20/h2-4,6,8-9,11-12,15H,1,5,7,10,13H2,(H,21,22,23). The van der Waals surface area contributed by atoms with Crippen molar-refractivity contribution in [1.29, 1.82) is 0 Å². The molecule has 26 heavy (non-hydrogen) atoms. The number of carbonyl (C=O) groups is 1. The Kier molecular flexibility index (Phi) is 4.67. The van der Waals surface area contributed by atoms with Crippen LogP contribution in [-0.2, 0) is 4.79 Å². The molecule has 0 bridgehead atoms. The fourth-order valence-corrected chi connectivity index (χ4v) is 3.99. The molecule has 6 heteroatoms. The van der Waals surface area contributed by atoms with Crippen molar-refractivity contribution in [3.05, 3.63) is 60.3 Å². The molecular formula is C20H20N4OS. The number of benzene rings is 1. The predicted octanol–water partition coefficient (Wildman–Crippen LogP) is 4.33. The zero-order chi connectivity index (χ0) is 17.9. The monoisotopic (exact) mass is 364 g/mol. The molecule has 1 aliphatic heterocycles. The second-order valence-electron chi connectivity index (χ2n) is 6.41. The molecule has 0 aliphatic carbocycles. The molecule has 0 radical (unpaired) electrons. The largest absolute Gasteiger partial charge is 0.339 e. The van der Waals surface area contributed by atoms with Crippen LogP contribution in [0.3, 0.4) is 0 Å². The first-order chi connectivity index (χ1) is 12.7. The van der Waals surface area contributed by atoms with Gasteiger partial charge in [0, 0.05) is 41.7 Å². The van der Waals surface area contributed by atoms with E-state index in [1.54, 1.807) is 17.5 Å². The van der Waals surface area contributed by atoms with Crippen molar-refractivity contribution >= 4 is 39.0 Å². The number of carbonyl (C=O) groups excluding carboxylic acids is 1. The number of amides is 1. The molecule has 3 heterocycles. The molecule has 1 N–H and O–H groups in total. The van der Waals surface area contributed by atoms with Gasteiger partial charge in [-0.1, -0.05) is 30.8 Å². The minimum absolute atomic E-state index is 0.00313. The summed E-state index contributed by atoms with van der Waals surface area (Å²) in [7, 11) is 0. The molecule has 1 aliphatic rings. The van der Waals surface area contributed by atoms with Gasteiger partial charge in [0.05, 0.1) is 0 Å². The van der Waals surface area contributed by atoms with Crippen LogP contribution in [0.15, 0.2) is 54.6 Å². The van der Waals surface area contributed by atoms with Gasteiger partial charge in [-0.25, -0.2) is 9.97 Å². The molecule has 1 unspecified atom stereocenters. The third kappa shape index (κ3) is 3.32. The second kappa shape index (κ2) is 7.25. The Labute approximate surface area is 156 Å². The smallest absolute Gasteiger partial charge is 0.245 e. The van der Waals surface area contributed by atoms with Crippen LogP contribution >= 0.6 is 11.3 Å². The number of anilines is 2. The van der Waals surface area contributed by atoms with Gasteiger partial charge in [0.25, 0.3) is 0 Å². The van der Waals surface area contributed by atoms with Gasteiger partial charge in [-0.05, 0) is 30.4 Å². The summed E-state index contributed by atoms with van der Waals surface area (Å²) < 4.78 is 0. The van der Waals surface area contributed by atoms with E-state index in [1.165, 1.54) is 6.08 Å². The number of piperidine rings is 1. The molecule has 4 rings (SSSR count). The van der Waals surface area contributed by atoms with Gasteiger partial charge in [0.2, 0.25) is 5.91 Å². The maximum absolute atomic E-state index is 12.0. The lowest BCUT2D eigenvalue weighted by atomic mass is 9.93. The highest BCUT2D eigenvalue weighted by molar-refractivity contribution is 7.13. The normalized spacial score (nSPS) is 17.2. The fourth-order valence-electron chi connectivity index (χ4n) is 3.46. The number of aromatic nitrogens is 2. The third-order valence-electron chi connectivity index (χ3n) is 4.74. The number of nitrogens with one attached hydrogen (secondary N) is 1. The molecule has 1 amide bonds. The van der Waals surface area contributed by atoms with Gasteiger partial charge in [0.15, 0.2) is 5.13 Å². The van der Waals surface area contributed by atoms with Gasteiger partial charge in [-0.15, -0.1) is 11.3 Å². The van der Waals surface area contributed by atoms with Crippen LogP contribution in [0.1, 0.15) is 24.5 Å². The first-order valence-electron chi connectivity index (χ1n) is 8.72. The van der Waals surface area contributed by atoms with E-state index in [9.17, 15) is 4.79 Å². The third-order valence-corrected chi connectivity index (χ3v) is 5.43. The fraction of sp³-hybridized carbons (Fsp3) is 0.250. The molecule has 132 valence electrons. The SMILES string of the molecule is C=CC(=O)N1CCCC(c2cc3ccccc3c(Nc3nccs3)n2)C1. The van der Waals surface area contributed by atoms with Crippen LogP contribution in [0.5, 0.6) is 0 Å². The average molecular weight is 364 g/mol. The summed E-state index contributed by atoms with van der Waals surface area (Å²) in [5.41, 5.74) is 1.02. The Hall–Kier alpha value is -2.73. The molecule has 0 saturated carbocycles. The Balaban J connectivity index is 1.71. The quantitative estimate of drug-likeness (QED) is 0.700. The summed E-state index contributed by atoms with van der Waals surface area (Å²) in [6, 6.07) is 10.4. The van der Waals surface area contributed by atoms with Crippen molar-refractivity contribution in [2.45, 2.75) is 18.8 Å². The molecular weight excluding hydrogens is 344 g/mol. The maximum atomic E-state index is 12.0. The number of likely N-dealkylation sites (tertiary alicyclic amines) is 1. The number of nitrogens with zero attached hydrogens (tertiary/aromatic N) is 3. The maximum Gasteiger partial charge on any atom is 0.245 e. The minimum Gasteiger partial charge on any atom is -0.339 e. The van der Waals surface area contributed by atoms with Gasteiger partial charge >= 0.3 is 0 Å². The molecule has 5 nitrogen and oxygen atoms in total. The number of rotatable bonds is 4. The van der Waals surface area contributed by atoms with Gasteiger partial charge < -0.3 is 10.2 Å². The van der Waals surface area contributed by atoms with E-state index in [2.05, 4.69) is 35.1 Å². The molecule has 1 aromatic carbocycles. The molecule has 1 saturated heterocycles.